The van der Waals surface area contributed by atoms with Gasteiger partial charge < -0.3 is 15.2 Å². The highest BCUT2D eigenvalue weighted by atomic mass is 35.5. The molecule has 2 aromatic carbocycles. The van der Waals surface area contributed by atoms with E-state index in [4.69, 9.17) is 16.3 Å². The van der Waals surface area contributed by atoms with Gasteiger partial charge in [0, 0.05) is 17.6 Å². The van der Waals surface area contributed by atoms with Gasteiger partial charge in [0.25, 0.3) is 0 Å². The van der Waals surface area contributed by atoms with E-state index in [9.17, 15) is 5.11 Å². The summed E-state index contributed by atoms with van der Waals surface area (Å²) < 4.78 is 5.17. The Morgan fingerprint density at radius 2 is 1.95 bits per heavy atom. The summed E-state index contributed by atoms with van der Waals surface area (Å²) in [6.45, 7) is 2.47. The minimum Gasteiger partial charge on any atom is -0.497 e. The van der Waals surface area contributed by atoms with E-state index in [2.05, 4.69) is 5.32 Å². The molecule has 0 aliphatic heterocycles. The number of aliphatic hydroxyl groups is 1. The van der Waals surface area contributed by atoms with Crippen molar-refractivity contribution >= 4 is 11.6 Å². The van der Waals surface area contributed by atoms with Gasteiger partial charge in [0.15, 0.2) is 0 Å². The Morgan fingerprint density at radius 3 is 2.67 bits per heavy atom. The number of aliphatic hydroxyl groups excluding tert-OH is 1. The van der Waals surface area contributed by atoms with Crippen molar-refractivity contribution in [1.82, 2.24) is 5.32 Å². The molecule has 0 bridgehead atoms. The molecule has 0 radical (unpaired) electrons. The molecule has 0 aliphatic rings. The molecule has 2 rings (SSSR count). The van der Waals surface area contributed by atoms with Crippen molar-refractivity contribution in [3.8, 4) is 5.75 Å². The zero-order valence-corrected chi connectivity index (χ0v) is 13.0. The van der Waals surface area contributed by atoms with Crippen LogP contribution in [-0.4, -0.2) is 18.8 Å². The van der Waals surface area contributed by atoms with Gasteiger partial charge in [-0.2, -0.15) is 0 Å². The van der Waals surface area contributed by atoms with Crippen LogP contribution in [0.4, 0.5) is 0 Å². The minimum absolute atomic E-state index is 0.0685. The van der Waals surface area contributed by atoms with Crippen LogP contribution in [0.2, 0.25) is 5.02 Å². The van der Waals surface area contributed by atoms with E-state index in [0.717, 1.165) is 21.9 Å². The summed E-state index contributed by atoms with van der Waals surface area (Å²) in [5.74, 6) is 0.741. The van der Waals surface area contributed by atoms with Crippen molar-refractivity contribution in [3.05, 3.63) is 64.7 Å². The molecule has 0 saturated carbocycles. The lowest BCUT2D eigenvalue weighted by atomic mass is 10.1. The van der Waals surface area contributed by atoms with Gasteiger partial charge >= 0.3 is 0 Å². The van der Waals surface area contributed by atoms with Crippen LogP contribution >= 0.6 is 11.6 Å². The van der Waals surface area contributed by atoms with Crippen molar-refractivity contribution in [2.75, 3.05) is 13.7 Å². The van der Waals surface area contributed by atoms with E-state index >= 15 is 0 Å². The Kier molecular flexibility index (Phi) is 5.62. The van der Waals surface area contributed by atoms with E-state index < -0.39 is 6.10 Å². The predicted octanol–water partition coefficient (Wildman–Crippen LogP) is 3.73. The smallest absolute Gasteiger partial charge is 0.119 e. The molecule has 0 spiro atoms. The number of nitrogens with one attached hydrogen (secondary N) is 1. The highest BCUT2D eigenvalue weighted by Gasteiger charge is 2.12. The first-order chi connectivity index (χ1) is 10.1. The van der Waals surface area contributed by atoms with Crippen LogP contribution in [0.1, 0.15) is 30.2 Å². The normalized spacial score (nSPS) is 13.7. The van der Waals surface area contributed by atoms with Gasteiger partial charge in [-0.15, -0.1) is 0 Å². The molecule has 2 unspecified atom stereocenters. The van der Waals surface area contributed by atoms with E-state index in [1.807, 2.05) is 55.5 Å². The number of benzene rings is 2. The van der Waals surface area contributed by atoms with Crippen LogP contribution in [0.15, 0.2) is 48.5 Å². The molecule has 112 valence electrons. The molecule has 4 heteroatoms. The van der Waals surface area contributed by atoms with E-state index in [1.165, 1.54) is 0 Å². The molecule has 0 heterocycles. The SMILES string of the molecule is COc1cccc(C(O)CNC(C)c2ccccc2Cl)c1. The molecule has 0 fully saturated rings. The van der Waals surface area contributed by atoms with Crippen molar-refractivity contribution in [2.24, 2.45) is 0 Å². The maximum atomic E-state index is 10.3. The Bertz CT molecular complexity index is 589. The van der Waals surface area contributed by atoms with Gasteiger partial charge in [-0.05, 0) is 36.2 Å². The lowest BCUT2D eigenvalue weighted by Crippen LogP contribution is -2.24. The first kappa shape index (κ1) is 15.8. The average Bonchev–Trinajstić information content (AvgIpc) is 2.52. The molecule has 2 aromatic rings. The monoisotopic (exact) mass is 305 g/mol. The standard InChI is InChI=1S/C17H20ClNO2/c1-12(15-8-3-4-9-16(15)18)19-11-17(20)13-6-5-7-14(10-13)21-2/h3-10,12,17,19-20H,11H2,1-2H3. The van der Waals surface area contributed by atoms with Gasteiger partial charge in [-0.1, -0.05) is 41.9 Å². The number of methoxy groups -OCH3 is 1. The van der Waals surface area contributed by atoms with Gasteiger partial charge in [-0.3, -0.25) is 0 Å². The van der Waals surface area contributed by atoms with Crippen LogP contribution in [0.3, 0.4) is 0 Å². The first-order valence-electron chi connectivity index (χ1n) is 6.91. The predicted molar refractivity (Wildman–Crippen MR) is 85.8 cm³/mol. The maximum Gasteiger partial charge on any atom is 0.119 e. The molecule has 3 nitrogen and oxygen atoms in total. The van der Waals surface area contributed by atoms with Crippen molar-refractivity contribution < 1.29 is 9.84 Å². The second kappa shape index (κ2) is 7.46. The van der Waals surface area contributed by atoms with Gasteiger partial charge in [-0.25, -0.2) is 0 Å². The highest BCUT2D eigenvalue weighted by Crippen LogP contribution is 2.23. The lowest BCUT2D eigenvalue weighted by molar-refractivity contribution is 0.170. The molecule has 0 saturated heterocycles. The Labute approximate surface area is 130 Å². The van der Waals surface area contributed by atoms with Gasteiger partial charge in [0.05, 0.1) is 13.2 Å². The Hall–Kier alpha value is -1.55. The maximum absolute atomic E-state index is 10.3. The fourth-order valence-corrected chi connectivity index (χ4v) is 2.49. The second-order valence-electron chi connectivity index (χ2n) is 4.94. The van der Waals surface area contributed by atoms with Crippen molar-refractivity contribution in [1.29, 1.82) is 0 Å². The van der Waals surface area contributed by atoms with Crippen LogP contribution in [0.25, 0.3) is 0 Å². The van der Waals surface area contributed by atoms with Crippen molar-refractivity contribution in [2.45, 2.75) is 19.1 Å². The number of rotatable bonds is 6. The summed E-state index contributed by atoms with van der Waals surface area (Å²) >= 11 is 6.17. The molecule has 0 aromatic heterocycles. The zero-order chi connectivity index (χ0) is 15.2. The fraction of sp³-hybridized carbons (Fsp3) is 0.294. The summed E-state index contributed by atoms with van der Waals surface area (Å²) in [5.41, 5.74) is 1.85. The third kappa shape index (κ3) is 4.21. The van der Waals surface area contributed by atoms with Crippen LogP contribution in [0, 0.1) is 0 Å². The molecular formula is C17H20ClNO2. The highest BCUT2D eigenvalue weighted by molar-refractivity contribution is 6.31. The summed E-state index contributed by atoms with van der Waals surface area (Å²) in [4.78, 5) is 0. The first-order valence-corrected chi connectivity index (χ1v) is 7.29. The summed E-state index contributed by atoms with van der Waals surface area (Å²) in [5, 5.41) is 14.3. The second-order valence-corrected chi connectivity index (χ2v) is 5.35. The quantitative estimate of drug-likeness (QED) is 0.854. The molecule has 2 N–H and O–H groups in total. The topological polar surface area (TPSA) is 41.5 Å². The average molecular weight is 306 g/mol. The third-order valence-electron chi connectivity index (χ3n) is 3.47. The Balaban J connectivity index is 1.97. The molecular weight excluding hydrogens is 286 g/mol. The number of ether oxygens (including phenoxy) is 1. The minimum atomic E-state index is -0.593. The largest absolute Gasteiger partial charge is 0.497 e. The number of hydrogen-bond donors (Lipinski definition) is 2. The van der Waals surface area contributed by atoms with Gasteiger partial charge in [0.1, 0.15) is 5.75 Å². The summed E-state index contributed by atoms with van der Waals surface area (Å²) in [6, 6.07) is 15.2. The third-order valence-corrected chi connectivity index (χ3v) is 3.81. The van der Waals surface area contributed by atoms with Crippen LogP contribution in [-0.2, 0) is 0 Å². The molecule has 21 heavy (non-hydrogen) atoms. The van der Waals surface area contributed by atoms with E-state index in [1.54, 1.807) is 7.11 Å². The van der Waals surface area contributed by atoms with Gasteiger partial charge in [0.2, 0.25) is 0 Å². The van der Waals surface area contributed by atoms with Crippen LogP contribution < -0.4 is 10.1 Å². The molecule has 2 atom stereocenters. The van der Waals surface area contributed by atoms with E-state index in [-0.39, 0.29) is 6.04 Å². The number of halogens is 1. The lowest BCUT2D eigenvalue weighted by Gasteiger charge is -2.19. The number of hydrogen-bond acceptors (Lipinski definition) is 3. The van der Waals surface area contributed by atoms with E-state index in [0.29, 0.717) is 6.54 Å². The summed E-state index contributed by atoms with van der Waals surface area (Å²) in [7, 11) is 1.61. The zero-order valence-electron chi connectivity index (χ0n) is 12.2. The molecule has 0 aliphatic carbocycles. The molecule has 0 amide bonds. The fourth-order valence-electron chi connectivity index (χ4n) is 2.19. The van der Waals surface area contributed by atoms with Crippen molar-refractivity contribution in [3.63, 3.8) is 0 Å². The van der Waals surface area contributed by atoms with Crippen LogP contribution in [0.5, 0.6) is 5.75 Å². The summed E-state index contributed by atoms with van der Waals surface area (Å²) in [6.07, 6.45) is -0.593. The Morgan fingerprint density at radius 1 is 1.19 bits per heavy atom.